The maximum Gasteiger partial charge on any atom is 0.360 e. The predicted octanol–water partition coefficient (Wildman–Crippen LogP) is 3.09. The molecule has 3 aromatic rings. The van der Waals surface area contributed by atoms with Gasteiger partial charge in [0.05, 0.1) is 13.3 Å². The Labute approximate surface area is 135 Å². The highest BCUT2D eigenvalue weighted by molar-refractivity contribution is 7.72. The molecule has 0 spiro atoms. The molecule has 0 aliphatic carbocycles. The number of methoxy groups -OCH3 is 1. The predicted molar refractivity (Wildman–Crippen MR) is 90.6 cm³/mol. The Morgan fingerprint density at radius 1 is 1.04 bits per heavy atom. The van der Waals surface area contributed by atoms with Gasteiger partial charge in [-0.3, -0.25) is 0 Å². The highest BCUT2D eigenvalue weighted by Gasteiger charge is 2.19. The van der Waals surface area contributed by atoms with E-state index >= 15 is 0 Å². The molecule has 1 aromatic heterocycles. The monoisotopic (exact) mass is 325 g/mol. The van der Waals surface area contributed by atoms with E-state index in [0.717, 1.165) is 0 Å². The van der Waals surface area contributed by atoms with Gasteiger partial charge in [-0.2, -0.15) is 0 Å². The number of hydrogen-bond acceptors (Lipinski definition) is 4. The lowest BCUT2D eigenvalue weighted by atomic mass is 10.4. The summed E-state index contributed by atoms with van der Waals surface area (Å²) in [5.74, 6) is 0.0629. The van der Waals surface area contributed by atoms with Crippen molar-refractivity contribution in [3.8, 4) is 0 Å². The van der Waals surface area contributed by atoms with Crippen molar-refractivity contribution >= 4 is 24.5 Å². The van der Waals surface area contributed by atoms with Gasteiger partial charge in [0, 0.05) is 0 Å². The summed E-state index contributed by atoms with van der Waals surface area (Å²) < 4.78 is 10.1. The average molecular weight is 325 g/mol. The Kier molecular flexibility index (Phi) is 4.84. The van der Waals surface area contributed by atoms with Gasteiger partial charge in [0.2, 0.25) is 0 Å². The van der Waals surface area contributed by atoms with Gasteiger partial charge in [-0.1, -0.05) is 60.7 Å². The standard InChI is InChI=1S/C18H16NO3P/c1-21-18(20)16-12-22-17(19-16)13-23(14-8-4-2-5-9-14)15-10-6-3-7-11-15/h2-12H,13H2,1H3. The van der Waals surface area contributed by atoms with Crippen LogP contribution < -0.4 is 10.6 Å². The second-order valence-electron chi connectivity index (χ2n) is 4.88. The first-order chi connectivity index (χ1) is 11.3. The number of carbonyl (C=O) groups is 1. The topological polar surface area (TPSA) is 52.3 Å². The van der Waals surface area contributed by atoms with Gasteiger partial charge in [-0.15, -0.1) is 0 Å². The minimum atomic E-state index is -0.646. The first kappa shape index (κ1) is 15.4. The fraction of sp³-hybridized carbons (Fsp3) is 0.111. The zero-order valence-corrected chi connectivity index (χ0v) is 13.6. The molecule has 0 aliphatic rings. The van der Waals surface area contributed by atoms with E-state index in [2.05, 4.69) is 34.0 Å². The van der Waals surface area contributed by atoms with Crippen molar-refractivity contribution in [2.24, 2.45) is 0 Å². The number of ether oxygens (including phenoxy) is 1. The summed E-state index contributed by atoms with van der Waals surface area (Å²) in [7, 11) is 0.685. The average Bonchev–Trinajstić information content (AvgIpc) is 3.09. The molecule has 0 unspecified atom stereocenters. The fourth-order valence-corrected chi connectivity index (χ4v) is 4.41. The molecule has 0 bridgehead atoms. The lowest BCUT2D eigenvalue weighted by Gasteiger charge is -2.16. The van der Waals surface area contributed by atoms with Crippen LogP contribution in [0.5, 0.6) is 0 Å². The van der Waals surface area contributed by atoms with E-state index in [-0.39, 0.29) is 5.69 Å². The third-order valence-electron chi connectivity index (χ3n) is 3.38. The number of hydrogen-bond donors (Lipinski definition) is 0. The second kappa shape index (κ2) is 7.21. The number of oxazole rings is 1. The van der Waals surface area contributed by atoms with Crippen molar-refractivity contribution in [1.29, 1.82) is 0 Å². The van der Waals surface area contributed by atoms with E-state index in [4.69, 9.17) is 4.42 Å². The Hall–Kier alpha value is -2.45. The maximum absolute atomic E-state index is 11.5. The van der Waals surface area contributed by atoms with E-state index in [0.29, 0.717) is 12.1 Å². The number of rotatable bonds is 5. The number of esters is 1. The lowest BCUT2D eigenvalue weighted by Crippen LogP contribution is -2.13. The Bertz CT molecular complexity index is 732. The normalized spacial score (nSPS) is 10.7. The van der Waals surface area contributed by atoms with Crippen LogP contribution in [0, 0.1) is 0 Å². The number of nitrogens with zero attached hydrogens (tertiary/aromatic N) is 1. The molecule has 116 valence electrons. The minimum absolute atomic E-state index is 0.207. The van der Waals surface area contributed by atoms with Crippen LogP contribution in [0.4, 0.5) is 0 Å². The van der Waals surface area contributed by atoms with E-state index < -0.39 is 13.9 Å². The highest BCUT2D eigenvalue weighted by atomic mass is 31.1. The van der Waals surface area contributed by atoms with Crippen LogP contribution in [0.2, 0.25) is 0 Å². The van der Waals surface area contributed by atoms with Crippen LogP contribution in [-0.4, -0.2) is 18.1 Å². The fourth-order valence-electron chi connectivity index (χ4n) is 2.26. The Morgan fingerprint density at radius 3 is 2.13 bits per heavy atom. The molecule has 2 aromatic carbocycles. The molecule has 0 saturated carbocycles. The molecule has 0 N–H and O–H groups in total. The van der Waals surface area contributed by atoms with Crippen LogP contribution >= 0.6 is 7.92 Å². The molecule has 0 fully saturated rings. The van der Waals surface area contributed by atoms with E-state index in [1.807, 2.05) is 36.4 Å². The minimum Gasteiger partial charge on any atom is -0.464 e. The van der Waals surface area contributed by atoms with Gasteiger partial charge in [-0.25, -0.2) is 9.78 Å². The van der Waals surface area contributed by atoms with Crippen molar-refractivity contribution in [2.75, 3.05) is 7.11 Å². The molecular weight excluding hydrogens is 309 g/mol. The molecule has 23 heavy (non-hydrogen) atoms. The molecule has 1 heterocycles. The summed E-state index contributed by atoms with van der Waals surface area (Å²) in [5.41, 5.74) is 0.207. The molecule has 3 rings (SSSR count). The summed E-state index contributed by atoms with van der Waals surface area (Å²) in [4.78, 5) is 15.8. The molecule has 0 atom stereocenters. The van der Waals surface area contributed by atoms with Gasteiger partial charge in [0.15, 0.2) is 11.6 Å². The third-order valence-corrected chi connectivity index (χ3v) is 5.81. The first-order valence-electron chi connectivity index (χ1n) is 7.18. The van der Waals surface area contributed by atoms with Crippen molar-refractivity contribution in [2.45, 2.75) is 6.16 Å². The maximum atomic E-state index is 11.5. The Balaban J connectivity index is 1.91. The van der Waals surface area contributed by atoms with Gasteiger partial charge < -0.3 is 9.15 Å². The highest BCUT2D eigenvalue weighted by Crippen LogP contribution is 2.37. The van der Waals surface area contributed by atoms with E-state index in [1.54, 1.807) is 0 Å². The van der Waals surface area contributed by atoms with Gasteiger partial charge >= 0.3 is 5.97 Å². The van der Waals surface area contributed by atoms with Crippen LogP contribution in [0.1, 0.15) is 16.4 Å². The largest absolute Gasteiger partial charge is 0.464 e. The number of benzene rings is 2. The van der Waals surface area contributed by atoms with Gasteiger partial charge in [0.25, 0.3) is 0 Å². The molecule has 0 saturated heterocycles. The molecule has 5 heteroatoms. The second-order valence-corrected chi connectivity index (χ2v) is 7.08. The zero-order chi connectivity index (χ0) is 16.1. The lowest BCUT2D eigenvalue weighted by molar-refractivity contribution is 0.0594. The van der Waals surface area contributed by atoms with Crippen molar-refractivity contribution in [3.05, 3.63) is 78.5 Å². The Morgan fingerprint density at radius 2 is 1.61 bits per heavy atom. The summed E-state index contributed by atoms with van der Waals surface area (Å²) in [6, 6.07) is 20.6. The van der Waals surface area contributed by atoms with E-state index in [9.17, 15) is 4.79 Å². The van der Waals surface area contributed by atoms with Crippen LogP contribution in [0.15, 0.2) is 71.3 Å². The number of carbonyl (C=O) groups excluding carboxylic acids is 1. The van der Waals surface area contributed by atoms with Crippen LogP contribution in [0.25, 0.3) is 0 Å². The molecule has 4 nitrogen and oxygen atoms in total. The summed E-state index contributed by atoms with van der Waals surface area (Å²) in [6.07, 6.45) is 1.99. The van der Waals surface area contributed by atoms with E-state index in [1.165, 1.54) is 24.0 Å². The summed E-state index contributed by atoms with van der Waals surface area (Å²) in [6.45, 7) is 0. The quantitative estimate of drug-likeness (QED) is 0.534. The SMILES string of the molecule is COC(=O)c1coc(CP(c2ccccc2)c2ccccc2)n1. The van der Waals surface area contributed by atoms with Crippen molar-refractivity contribution in [1.82, 2.24) is 4.98 Å². The number of aromatic nitrogens is 1. The van der Waals surface area contributed by atoms with Crippen LogP contribution in [-0.2, 0) is 10.9 Å². The van der Waals surface area contributed by atoms with Gasteiger partial charge in [-0.05, 0) is 18.5 Å². The summed E-state index contributed by atoms with van der Waals surface area (Å²) in [5, 5.41) is 2.48. The molecule has 0 radical (unpaired) electrons. The van der Waals surface area contributed by atoms with Crippen molar-refractivity contribution < 1.29 is 13.9 Å². The van der Waals surface area contributed by atoms with Crippen molar-refractivity contribution in [3.63, 3.8) is 0 Å². The molecule has 0 aliphatic heterocycles. The zero-order valence-electron chi connectivity index (χ0n) is 12.7. The smallest absolute Gasteiger partial charge is 0.360 e. The molecular formula is C18H16NO3P. The van der Waals surface area contributed by atoms with Crippen LogP contribution in [0.3, 0.4) is 0 Å². The first-order valence-corrected chi connectivity index (χ1v) is 8.71. The van der Waals surface area contributed by atoms with Gasteiger partial charge in [0.1, 0.15) is 6.26 Å². The third kappa shape index (κ3) is 3.66. The summed E-state index contributed by atoms with van der Waals surface area (Å²) >= 11 is 0. The molecule has 0 amide bonds.